The Hall–Kier alpha value is -3.62. The number of phenolic OH excluding ortho intramolecular Hbond substituents is 1. The lowest BCUT2D eigenvalue weighted by Crippen LogP contribution is -2.42. The summed E-state index contributed by atoms with van der Waals surface area (Å²) in [5.41, 5.74) is 1.57. The van der Waals surface area contributed by atoms with Crippen LogP contribution in [0.25, 0.3) is 22.1 Å². The number of furan rings is 1. The highest BCUT2D eigenvalue weighted by molar-refractivity contribution is 5.95. The fraction of sp³-hybridized carbons (Fsp3) is 0.385. The van der Waals surface area contributed by atoms with E-state index in [1.165, 1.54) is 4.90 Å². The van der Waals surface area contributed by atoms with E-state index in [0.29, 0.717) is 27.9 Å². The molecular weight excluding hydrogens is 458 g/mol. The number of alkyl carbamates (subject to hydrolysis) is 1. The number of alkyl halides is 2. The molecule has 1 aromatic heterocycles. The van der Waals surface area contributed by atoms with Crippen LogP contribution in [-0.4, -0.2) is 46.6 Å². The van der Waals surface area contributed by atoms with E-state index < -0.39 is 17.6 Å². The Balaban J connectivity index is 1.47. The molecule has 9 heteroatoms. The summed E-state index contributed by atoms with van der Waals surface area (Å²) < 4.78 is 37.6. The first-order valence-electron chi connectivity index (χ1n) is 11.4. The summed E-state index contributed by atoms with van der Waals surface area (Å²) in [6, 6.07) is 11.9. The quantitative estimate of drug-likeness (QED) is 0.494. The minimum atomic E-state index is -2.71. The maximum Gasteiger partial charge on any atom is 0.408 e. The Morgan fingerprint density at radius 2 is 1.74 bits per heavy atom. The molecule has 35 heavy (non-hydrogen) atoms. The highest BCUT2D eigenvalue weighted by Gasteiger charge is 2.35. The van der Waals surface area contributed by atoms with E-state index >= 15 is 0 Å². The molecule has 2 N–H and O–H groups in total. The van der Waals surface area contributed by atoms with Gasteiger partial charge in [-0.3, -0.25) is 4.79 Å². The van der Waals surface area contributed by atoms with Gasteiger partial charge in [-0.2, -0.15) is 0 Å². The van der Waals surface area contributed by atoms with Gasteiger partial charge in [0.1, 0.15) is 11.4 Å². The van der Waals surface area contributed by atoms with Gasteiger partial charge in [0.25, 0.3) is 11.8 Å². The number of aromatic hydroxyl groups is 1. The number of carbonyl (C=O) groups excluding carboxylic acids is 2. The van der Waals surface area contributed by atoms with Crippen LogP contribution in [0, 0.1) is 0 Å². The second kappa shape index (κ2) is 9.20. The number of likely N-dealkylation sites (tertiary alicyclic amines) is 1. The van der Waals surface area contributed by atoms with Crippen molar-refractivity contribution in [2.45, 2.75) is 51.7 Å². The number of benzene rings is 2. The van der Waals surface area contributed by atoms with E-state index in [1.807, 2.05) is 6.07 Å². The molecule has 186 valence electrons. The highest BCUT2D eigenvalue weighted by atomic mass is 19.3. The standard InChI is InChI=1S/C26H28F2N2O5/c1-25(2,3)35-24(33)29-15-20-13-19-12-18(14-21(31)22(19)34-20)16-4-6-17(7-5-16)23(32)30-10-8-26(27,28)9-11-30/h4-7,12-14,31H,8-11,15H2,1-3H3,(H,29,33). The molecule has 1 saturated heterocycles. The zero-order chi connectivity index (χ0) is 25.4. The van der Waals surface area contributed by atoms with Crippen molar-refractivity contribution in [3.05, 3.63) is 53.8 Å². The predicted molar refractivity (Wildman–Crippen MR) is 126 cm³/mol. The van der Waals surface area contributed by atoms with Crippen LogP contribution < -0.4 is 5.32 Å². The van der Waals surface area contributed by atoms with Gasteiger partial charge >= 0.3 is 6.09 Å². The van der Waals surface area contributed by atoms with E-state index in [-0.39, 0.29) is 44.1 Å². The van der Waals surface area contributed by atoms with Gasteiger partial charge in [-0.1, -0.05) is 12.1 Å². The van der Waals surface area contributed by atoms with E-state index in [0.717, 1.165) is 5.56 Å². The minimum absolute atomic E-state index is 0.0315. The average Bonchev–Trinajstić information content (AvgIpc) is 3.20. The second-order valence-electron chi connectivity index (χ2n) is 9.71. The summed E-state index contributed by atoms with van der Waals surface area (Å²) in [6.07, 6.45) is -1.22. The first kappa shape index (κ1) is 24.5. The van der Waals surface area contributed by atoms with Crippen LogP contribution in [0.3, 0.4) is 0 Å². The zero-order valence-corrected chi connectivity index (χ0v) is 19.9. The van der Waals surface area contributed by atoms with Crippen molar-refractivity contribution in [2.24, 2.45) is 0 Å². The third-order valence-electron chi connectivity index (χ3n) is 5.70. The molecule has 0 spiro atoms. The van der Waals surface area contributed by atoms with Crippen molar-refractivity contribution in [1.82, 2.24) is 10.2 Å². The molecule has 0 bridgehead atoms. The summed E-state index contributed by atoms with van der Waals surface area (Å²) in [6.45, 7) is 5.46. The SMILES string of the molecule is CC(C)(C)OC(=O)NCc1cc2cc(-c3ccc(C(=O)N4CCC(F)(F)CC4)cc3)cc(O)c2o1. The fourth-order valence-electron chi connectivity index (χ4n) is 3.94. The second-order valence-corrected chi connectivity index (χ2v) is 9.71. The van der Waals surface area contributed by atoms with Crippen molar-refractivity contribution in [1.29, 1.82) is 0 Å². The fourth-order valence-corrected chi connectivity index (χ4v) is 3.94. The number of carbonyl (C=O) groups is 2. The number of phenols is 1. The van der Waals surface area contributed by atoms with E-state index in [4.69, 9.17) is 9.15 Å². The highest BCUT2D eigenvalue weighted by Crippen LogP contribution is 2.34. The molecular formula is C26H28F2N2O5. The molecule has 0 unspecified atom stereocenters. The van der Waals surface area contributed by atoms with Crippen LogP contribution in [-0.2, 0) is 11.3 Å². The largest absolute Gasteiger partial charge is 0.504 e. The van der Waals surface area contributed by atoms with Crippen LogP contribution in [0.4, 0.5) is 13.6 Å². The van der Waals surface area contributed by atoms with Gasteiger partial charge in [0.05, 0.1) is 6.54 Å². The maximum absolute atomic E-state index is 13.4. The number of rotatable bonds is 4. The summed E-state index contributed by atoms with van der Waals surface area (Å²) in [5, 5.41) is 13.7. The molecule has 2 amide bonds. The molecule has 2 aromatic carbocycles. The number of fused-ring (bicyclic) bond motifs is 1. The molecule has 1 fully saturated rings. The third-order valence-corrected chi connectivity index (χ3v) is 5.70. The molecule has 0 saturated carbocycles. The molecule has 0 atom stereocenters. The first-order chi connectivity index (χ1) is 16.4. The number of hydrogen-bond acceptors (Lipinski definition) is 5. The zero-order valence-electron chi connectivity index (χ0n) is 19.9. The summed E-state index contributed by atoms with van der Waals surface area (Å²) in [5.74, 6) is -2.59. The number of amides is 2. The first-order valence-corrected chi connectivity index (χ1v) is 11.4. The Bertz CT molecular complexity index is 1240. The minimum Gasteiger partial charge on any atom is -0.504 e. The Labute approximate surface area is 201 Å². The van der Waals surface area contributed by atoms with Crippen molar-refractivity contribution < 1.29 is 32.6 Å². The van der Waals surface area contributed by atoms with Crippen LogP contribution in [0.5, 0.6) is 5.75 Å². The molecule has 4 rings (SSSR count). The lowest BCUT2D eigenvalue weighted by atomic mass is 10.0. The van der Waals surface area contributed by atoms with Gasteiger partial charge in [0.2, 0.25) is 0 Å². The molecule has 0 radical (unpaired) electrons. The maximum atomic E-state index is 13.4. The lowest BCUT2D eigenvalue weighted by molar-refractivity contribution is -0.0494. The molecule has 7 nitrogen and oxygen atoms in total. The Kier molecular flexibility index (Phi) is 6.44. The summed E-state index contributed by atoms with van der Waals surface area (Å²) >= 11 is 0. The van der Waals surface area contributed by atoms with Crippen molar-refractivity contribution in [2.75, 3.05) is 13.1 Å². The monoisotopic (exact) mass is 486 g/mol. The summed E-state index contributed by atoms with van der Waals surface area (Å²) in [4.78, 5) is 26.0. The topological polar surface area (TPSA) is 92.0 Å². The van der Waals surface area contributed by atoms with Crippen molar-refractivity contribution in [3.63, 3.8) is 0 Å². The van der Waals surface area contributed by atoms with Crippen LogP contribution >= 0.6 is 0 Å². The van der Waals surface area contributed by atoms with E-state index in [2.05, 4.69) is 5.32 Å². The van der Waals surface area contributed by atoms with Gasteiger partial charge < -0.3 is 24.5 Å². The molecule has 2 heterocycles. The molecule has 1 aliphatic rings. The summed E-state index contributed by atoms with van der Waals surface area (Å²) in [7, 11) is 0. The number of halogens is 2. The average molecular weight is 487 g/mol. The Morgan fingerprint density at radius 3 is 2.37 bits per heavy atom. The third kappa shape index (κ3) is 5.90. The van der Waals surface area contributed by atoms with E-state index in [1.54, 1.807) is 57.2 Å². The number of ether oxygens (including phenoxy) is 1. The van der Waals surface area contributed by atoms with Gasteiger partial charge in [-0.25, -0.2) is 13.6 Å². The molecule has 3 aromatic rings. The van der Waals surface area contributed by atoms with Gasteiger partial charge in [-0.15, -0.1) is 0 Å². The van der Waals surface area contributed by atoms with Crippen LogP contribution in [0.2, 0.25) is 0 Å². The Morgan fingerprint density at radius 1 is 1.09 bits per heavy atom. The normalized spacial score (nSPS) is 15.7. The molecule has 1 aliphatic heterocycles. The van der Waals surface area contributed by atoms with Crippen LogP contribution in [0.1, 0.15) is 49.7 Å². The van der Waals surface area contributed by atoms with Crippen molar-refractivity contribution >= 4 is 23.0 Å². The lowest BCUT2D eigenvalue weighted by Gasteiger charge is -2.31. The van der Waals surface area contributed by atoms with Crippen LogP contribution in [0.15, 0.2) is 46.9 Å². The van der Waals surface area contributed by atoms with E-state index in [9.17, 15) is 23.5 Å². The number of nitrogens with one attached hydrogen (secondary N) is 1. The van der Waals surface area contributed by atoms with Gasteiger partial charge in [0.15, 0.2) is 11.3 Å². The number of hydrogen-bond donors (Lipinski definition) is 2. The molecule has 0 aliphatic carbocycles. The smallest absolute Gasteiger partial charge is 0.408 e. The number of nitrogens with zero attached hydrogens (tertiary/aromatic N) is 1. The predicted octanol–water partition coefficient (Wildman–Crippen LogP) is 5.70. The van der Waals surface area contributed by atoms with Crippen molar-refractivity contribution in [3.8, 4) is 16.9 Å². The van der Waals surface area contributed by atoms with Gasteiger partial charge in [0, 0.05) is 36.9 Å². The van der Waals surface area contributed by atoms with Gasteiger partial charge in [-0.05, 0) is 62.2 Å². The number of piperidine rings is 1.